The number of halogens is 1. The Kier molecular flexibility index (Phi) is 6.31. The molecular formula is C22H24FN5O3. The molecule has 2 aromatic heterocycles. The molecule has 0 N–H and O–H groups in total. The van der Waals surface area contributed by atoms with Gasteiger partial charge in [0.05, 0.1) is 36.9 Å². The number of aryl methyl sites for hydroxylation is 1. The molecule has 1 saturated heterocycles. The highest BCUT2D eigenvalue weighted by Crippen LogP contribution is 2.25. The van der Waals surface area contributed by atoms with Gasteiger partial charge in [0.1, 0.15) is 11.9 Å². The first-order valence-electron chi connectivity index (χ1n) is 10.3. The van der Waals surface area contributed by atoms with Gasteiger partial charge in [-0.2, -0.15) is 0 Å². The predicted molar refractivity (Wildman–Crippen MR) is 109 cm³/mol. The lowest BCUT2D eigenvalue weighted by atomic mass is 10.1. The van der Waals surface area contributed by atoms with Crippen LogP contribution in [0.25, 0.3) is 11.3 Å². The first kappa shape index (κ1) is 21.0. The summed E-state index contributed by atoms with van der Waals surface area (Å²) < 4.78 is 25.5. The molecule has 1 aliphatic heterocycles. The first-order valence-corrected chi connectivity index (χ1v) is 10.3. The van der Waals surface area contributed by atoms with E-state index in [1.807, 2.05) is 13.8 Å². The van der Waals surface area contributed by atoms with Crippen LogP contribution in [0.4, 0.5) is 4.39 Å². The van der Waals surface area contributed by atoms with E-state index in [0.717, 1.165) is 0 Å². The van der Waals surface area contributed by atoms with Crippen LogP contribution in [0.1, 0.15) is 49.8 Å². The molecule has 1 atom stereocenters. The minimum absolute atomic E-state index is 0.0178. The van der Waals surface area contributed by atoms with Gasteiger partial charge in [0.25, 0.3) is 0 Å². The van der Waals surface area contributed by atoms with E-state index in [0.29, 0.717) is 54.8 Å². The van der Waals surface area contributed by atoms with Crippen molar-refractivity contribution in [2.24, 2.45) is 0 Å². The van der Waals surface area contributed by atoms with Gasteiger partial charge in [0.2, 0.25) is 17.7 Å². The van der Waals surface area contributed by atoms with Crippen molar-refractivity contribution in [1.82, 2.24) is 25.1 Å². The standard InChI is InChI=1S/C22H24FN5O3/c1-14(2)22-27-26-20(31-22)7-8-21(29)28-9-10-30-19(13-28)18-12-24-11-17(25-18)15-5-3-4-6-16(15)23/h3-6,11-12,14,19H,7-10,13H2,1-2H3/t19-/m0/s1. The van der Waals surface area contributed by atoms with Gasteiger partial charge in [-0.3, -0.25) is 9.78 Å². The van der Waals surface area contributed by atoms with Crippen LogP contribution in [0.15, 0.2) is 41.1 Å². The quantitative estimate of drug-likeness (QED) is 0.598. The summed E-state index contributed by atoms with van der Waals surface area (Å²) in [6, 6.07) is 6.41. The molecule has 1 fully saturated rings. The molecule has 0 aliphatic carbocycles. The minimum Gasteiger partial charge on any atom is -0.425 e. The summed E-state index contributed by atoms with van der Waals surface area (Å²) in [5.41, 5.74) is 1.37. The molecule has 0 saturated carbocycles. The molecule has 0 bridgehead atoms. The van der Waals surface area contributed by atoms with Gasteiger partial charge in [-0.25, -0.2) is 9.37 Å². The van der Waals surface area contributed by atoms with Gasteiger partial charge in [-0.1, -0.05) is 26.0 Å². The van der Waals surface area contributed by atoms with Crippen LogP contribution in [0.2, 0.25) is 0 Å². The Morgan fingerprint density at radius 2 is 2.10 bits per heavy atom. The molecule has 0 unspecified atom stereocenters. The Labute approximate surface area is 179 Å². The average molecular weight is 425 g/mol. The van der Waals surface area contributed by atoms with Crippen molar-refractivity contribution in [2.45, 2.75) is 38.7 Å². The molecule has 8 nitrogen and oxygen atoms in total. The Morgan fingerprint density at radius 3 is 2.87 bits per heavy atom. The highest BCUT2D eigenvalue weighted by Gasteiger charge is 2.27. The van der Waals surface area contributed by atoms with Crippen molar-refractivity contribution in [3.8, 4) is 11.3 Å². The monoisotopic (exact) mass is 425 g/mol. The van der Waals surface area contributed by atoms with Crippen LogP contribution < -0.4 is 0 Å². The molecule has 0 radical (unpaired) electrons. The van der Waals surface area contributed by atoms with E-state index in [9.17, 15) is 9.18 Å². The largest absolute Gasteiger partial charge is 0.425 e. The number of amides is 1. The van der Waals surface area contributed by atoms with E-state index in [2.05, 4.69) is 20.2 Å². The van der Waals surface area contributed by atoms with Crippen LogP contribution in [0.5, 0.6) is 0 Å². The lowest BCUT2D eigenvalue weighted by molar-refractivity contribution is -0.139. The highest BCUT2D eigenvalue weighted by atomic mass is 19.1. The molecule has 1 aromatic carbocycles. The number of ether oxygens (including phenoxy) is 1. The normalized spacial score (nSPS) is 16.6. The zero-order valence-electron chi connectivity index (χ0n) is 17.5. The number of rotatable bonds is 6. The SMILES string of the molecule is CC(C)c1nnc(CCC(=O)N2CCO[C@H](c3cncc(-c4ccccc4F)n3)C2)o1. The van der Waals surface area contributed by atoms with Gasteiger partial charge in [0, 0.05) is 30.9 Å². The molecule has 1 amide bonds. The van der Waals surface area contributed by atoms with E-state index in [4.69, 9.17) is 9.15 Å². The molecule has 4 rings (SSSR count). The molecule has 9 heteroatoms. The summed E-state index contributed by atoms with van der Waals surface area (Å²) in [6.45, 7) is 5.19. The van der Waals surface area contributed by atoms with Crippen LogP contribution in [0.3, 0.4) is 0 Å². The van der Waals surface area contributed by atoms with Crippen molar-refractivity contribution >= 4 is 5.91 Å². The third-order valence-corrected chi connectivity index (χ3v) is 5.08. The molecule has 1 aliphatic rings. The second kappa shape index (κ2) is 9.30. The zero-order valence-corrected chi connectivity index (χ0v) is 17.5. The molecule has 162 valence electrons. The van der Waals surface area contributed by atoms with Crippen molar-refractivity contribution in [1.29, 1.82) is 0 Å². The second-order valence-corrected chi connectivity index (χ2v) is 7.70. The fraction of sp³-hybridized carbons (Fsp3) is 0.409. The Hall–Kier alpha value is -3.20. The summed E-state index contributed by atoms with van der Waals surface area (Å²) in [5.74, 6) is 0.804. The maximum atomic E-state index is 14.1. The summed E-state index contributed by atoms with van der Waals surface area (Å²) in [6.07, 6.45) is 3.35. The lowest BCUT2D eigenvalue weighted by Gasteiger charge is -2.32. The van der Waals surface area contributed by atoms with Crippen LogP contribution in [-0.2, 0) is 16.0 Å². The van der Waals surface area contributed by atoms with Gasteiger partial charge in [-0.15, -0.1) is 10.2 Å². The smallest absolute Gasteiger partial charge is 0.223 e. The minimum atomic E-state index is -0.423. The van der Waals surface area contributed by atoms with Gasteiger partial charge in [0.15, 0.2) is 0 Å². The number of hydrogen-bond donors (Lipinski definition) is 0. The van der Waals surface area contributed by atoms with Crippen LogP contribution in [0, 0.1) is 5.82 Å². The van der Waals surface area contributed by atoms with Crippen LogP contribution >= 0.6 is 0 Å². The Bertz CT molecular complexity index is 1050. The molecule has 3 aromatic rings. The average Bonchev–Trinajstić information content (AvgIpc) is 3.27. The number of nitrogens with zero attached hydrogens (tertiary/aromatic N) is 5. The predicted octanol–water partition coefficient (Wildman–Crippen LogP) is 3.32. The first-order chi connectivity index (χ1) is 15.0. The van der Waals surface area contributed by atoms with Crippen LogP contribution in [-0.4, -0.2) is 50.7 Å². The van der Waals surface area contributed by atoms with Crippen molar-refractivity contribution < 1.29 is 18.3 Å². The fourth-order valence-corrected chi connectivity index (χ4v) is 3.36. The number of carbonyl (C=O) groups excluding carboxylic acids is 1. The third-order valence-electron chi connectivity index (χ3n) is 5.08. The molecule has 31 heavy (non-hydrogen) atoms. The zero-order chi connectivity index (χ0) is 21.8. The van der Waals surface area contributed by atoms with E-state index >= 15 is 0 Å². The van der Waals surface area contributed by atoms with E-state index < -0.39 is 6.10 Å². The topological polar surface area (TPSA) is 94.2 Å². The van der Waals surface area contributed by atoms with E-state index in [1.165, 1.54) is 12.3 Å². The van der Waals surface area contributed by atoms with Crippen molar-refractivity contribution in [2.75, 3.05) is 19.7 Å². The number of aromatic nitrogens is 4. The maximum Gasteiger partial charge on any atom is 0.223 e. The van der Waals surface area contributed by atoms with E-state index in [1.54, 1.807) is 29.3 Å². The molecule has 3 heterocycles. The summed E-state index contributed by atoms with van der Waals surface area (Å²) in [7, 11) is 0. The molecular weight excluding hydrogens is 401 g/mol. The number of hydrogen-bond acceptors (Lipinski definition) is 7. The number of carbonyl (C=O) groups is 1. The Balaban J connectivity index is 1.40. The van der Waals surface area contributed by atoms with E-state index in [-0.39, 0.29) is 24.1 Å². The van der Waals surface area contributed by atoms with Crippen molar-refractivity contribution in [3.05, 3.63) is 60.0 Å². The summed E-state index contributed by atoms with van der Waals surface area (Å²) in [4.78, 5) is 23.2. The fourth-order valence-electron chi connectivity index (χ4n) is 3.36. The van der Waals surface area contributed by atoms with Gasteiger partial charge >= 0.3 is 0 Å². The third kappa shape index (κ3) is 4.93. The Morgan fingerprint density at radius 1 is 1.26 bits per heavy atom. The number of morpholine rings is 1. The van der Waals surface area contributed by atoms with Crippen molar-refractivity contribution in [3.63, 3.8) is 0 Å². The second-order valence-electron chi connectivity index (χ2n) is 7.70. The van der Waals surface area contributed by atoms with Gasteiger partial charge < -0.3 is 14.1 Å². The van der Waals surface area contributed by atoms with Gasteiger partial charge in [-0.05, 0) is 12.1 Å². The highest BCUT2D eigenvalue weighted by molar-refractivity contribution is 5.76. The summed E-state index contributed by atoms with van der Waals surface area (Å²) in [5, 5.41) is 8.00. The number of benzene rings is 1. The molecule has 0 spiro atoms. The lowest BCUT2D eigenvalue weighted by Crippen LogP contribution is -2.42. The summed E-state index contributed by atoms with van der Waals surface area (Å²) >= 11 is 0. The maximum absolute atomic E-state index is 14.1.